The Bertz CT molecular complexity index is 494. The molecule has 4 aliphatic carbocycles. The van der Waals surface area contributed by atoms with Crippen LogP contribution in [0.3, 0.4) is 0 Å². The van der Waals surface area contributed by atoms with Crippen LogP contribution >= 0.6 is 0 Å². The largest absolute Gasteiger partial charge is 0.393 e. The zero-order valence-corrected chi connectivity index (χ0v) is 13.3. The SMILES string of the molecule is C[C@H]1C[C@]2(C)[C@@H](O)CC[C@H]2[C@@H]2CCC3=CC(=O)CC[C@@H]3[C@H]21. The van der Waals surface area contributed by atoms with Gasteiger partial charge in [-0.2, -0.15) is 0 Å². The number of aliphatic hydroxyl groups excluding tert-OH is 1. The molecule has 21 heavy (non-hydrogen) atoms. The Labute approximate surface area is 128 Å². The average molecular weight is 288 g/mol. The maximum absolute atomic E-state index is 11.7. The number of rotatable bonds is 0. The summed E-state index contributed by atoms with van der Waals surface area (Å²) in [5.74, 6) is 3.97. The monoisotopic (exact) mass is 288 g/mol. The Morgan fingerprint density at radius 2 is 2.00 bits per heavy atom. The number of fused-ring (bicyclic) bond motifs is 5. The van der Waals surface area contributed by atoms with Crippen LogP contribution in [-0.2, 0) is 4.79 Å². The zero-order valence-electron chi connectivity index (χ0n) is 13.3. The molecule has 7 atom stereocenters. The van der Waals surface area contributed by atoms with Crippen LogP contribution in [0.25, 0.3) is 0 Å². The quantitative estimate of drug-likeness (QED) is 0.737. The lowest BCUT2D eigenvalue weighted by Gasteiger charge is -2.56. The molecule has 0 aromatic rings. The van der Waals surface area contributed by atoms with E-state index in [1.807, 2.05) is 6.08 Å². The second kappa shape index (κ2) is 4.68. The molecular formula is C19H28O2. The van der Waals surface area contributed by atoms with Crippen LogP contribution in [0.2, 0.25) is 0 Å². The van der Waals surface area contributed by atoms with E-state index in [1.54, 1.807) is 0 Å². The van der Waals surface area contributed by atoms with Crippen molar-refractivity contribution >= 4 is 5.78 Å². The van der Waals surface area contributed by atoms with E-state index in [0.717, 1.165) is 37.5 Å². The third-order valence-corrected chi connectivity index (χ3v) is 7.54. The topological polar surface area (TPSA) is 37.3 Å². The van der Waals surface area contributed by atoms with E-state index in [1.165, 1.54) is 24.8 Å². The summed E-state index contributed by atoms with van der Waals surface area (Å²) in [6, 6.07) is 0. The standard InChI is InChI=1S/C19H28O2/c1-11-10-19(2)16(7-8-17(19)21)15-5-3-12-9-13(20)4-6-14(12)18(11)15/h9,11,14-18,21H,3-8,10H2,1-2H3/t11-,14-,15-,16-,17-,18+,19-/m0/s1. The molecule has 0 unspecified atom stereocenters. The fourth-order valence-corrected chi connectivity index (χ4v) is 6.74. The smallest absolute Gasteiger partial charge is 0.155 e. The van der Waals surface area contributed by atoms with Crippen LogP contribution < -0.4 is 0 Å². The maximum atomic E-state index is 11.7. The van der Waals surface area contributed by atoms with Crippen LogP contribution in [0.1, 0.15) is 58.8 Å². The second-order valence-corrected chi connectivity index (χ2v) is 8.50. The molecule has 2 nitrogen and oxygen atoms in total. The summed E-state index contributed by atoms with van der Waals surface area (Å²) in [6.45, 7) is 4.75. The van der Waals surface area contributed by atoms with E-state index in [-0.39, 0.29) is 11.5 Å². The first-order valence-electron chi connectivity index (χ1n) is 8.92. The molecule has 0 bridgehead atoms. The Hall–Kier alpha value is -0.630. The predicted octanol–water partition coefficient (Wildman–Crippen LogP) is 3.74. The van der Waals surface area contributed by atoms with E-state index in [4.69, 9.17) is 0 Å². The minimum absolute atomic E-state index is 0.0872. The molecule has 0 spiro atoms. The predicted molar refractivity (Wildman–Crippen MR) is 82.6 cm³/mol. The number of aliphatic hydroxyl groups is 1. The van der Waals surface area contributed by atoms with Gasteiger partial charge in [-0.25, -0.2) is 0 Å². The highest BCUT2D eigenvalue weighted by Crippen LogP contribution is 2.63. The van der Waals surface area contributed by atoms with Crippen LogP contribution in [0.4, 0.5) is 0 Å². The molecule has 0 aromatic heterocycles. The van der Waals surface area contributed by atoms with Crippen molar-refractivity contribution in [2.45, 2.75) is 64.9 Å². The van der Waals surface area contributed by atoms with Gasteiger partial charge in [-0.15, -0.1) is 0 Å². The lowest BCUT2D eigenvalue weighted by molar-refractivity contribution is -0.117. The second-order valence-electron chi connectivity index (χ2n) is 8.50. The van der Waals surface area contributed by atoms with Crippen molar-refractivity contribution in [3.05, 3.63) is 11.6 Å². The molecule has 4 rings (SSSR count). The third-order valence-electron chi connectivity index (χ3n) is 7.54. The Morgan fingerprint density at radius 3 is 2.81 bits per heavy atom. The van der Waals surface area contributed by atoms with Crippen LogP contribution in [0.5, 0.6) is 0 Å². The van der Waals surface area contributed by atoms with Gasteiger partial charge in [0.1, 0.15) is 0 Å². The lowest BCUT2D eigenvalue weighted by Crippen LogP contribution is -2.51. The van der Waals surface area contributed by atoms with Crippen LogP contribution in [0.15, 0.2) is 11.6 Å². The van der Waals surface area contributed by atoms with E-state index in [9.17, 15) is 9.90 Å². The molecular weight excluding hydrogens is 260 g/mol. The molecule has 0 amide bonds. The molecule has 3 saturated carbocycles. The van der Waals surface area contributed by atoms with Crippen LogP contribution in [-0.4, -0.2) is 17.0 Å². The first-order chi connectivity index (χ1) is 10.0. The number of carbonyl (C=O) groups is 1. The van der Waals surface area contributed by atoms with Gasteiger partial charge in [-0.05, 0) is 79.6 Å². The Morgan fingerprint density at radius 1 is 1.19 bits per heavy atom. The molecule has 0 saturated heterocycles. The number of ketones is 1. The van der Waals surface area contributed by atoms with Crippen molar-refractivity contribution in [2.24, 2.45) is 35.0 Å². The van der Waals surface area contributed by atoms with Gasteiger partial charge in [0.2, 0.25) is 0 Å². The van der Waals surface area contributed by atoms with E-state index in [2.05, 4.69) is 13.8 Å². The molecule has 0 aromatic carbocycles. The minimum atomic E-state index is -0.0872. The van der Waals surface area contributed by atoms with Crippen molar-refractivity contribution in [1.82, 2.24) is 0 Å². The van der Waals surface area contributed by atoms with E-state index in [0.29, 0.717) is 23.5 Å². The van der Waals surface area contributed by atoms with Crippen molar-refractivity contribution < 1.29 is 9.90 Å². The van der Waals surface area contributed by atoms with E-state index >= 15 is 0 Å². The average Bonchev–Trinajstić information content (AvgIpc) is 2.74. The van der Waals surface area contributed by atoms with Crippen molar-refractivity contribution in [3.63, 3.8) is 0 Å². The van der Waals surface area contributed by atoms with Gasteiger partial charge < -0.3 is 5.11 Å². The van der Waals surface area contributed by atoms with Gasteiger partial charge in [0.15, 0.2) is 5.78 Å². The summed E-state index contributed by atoms with van der Waals surface area (Å²) in [5, 5.41) is 10.5. The van der Waals surface area contributed by atoms with Crippen LogP contribution in [0, 0.1) is 35.0 Å². The van der Waals surface area contributed by atoms with Gasteiger partial charge in [0.05, 0.1) is 6.10 Å². The molecule has 0 aliphatic heterocycles. The van der Waals surface area contributed by atoms with Gasteiger partial charge in [-0.1, -0.05) is 19.4 Å². The zero-order chi connectivity index (χ0) is 14.8. The Kier molecular flexibility index (Phi) is 3.12. The summed E-state index contributed by atoms with van der Waals surface area (Å²) in [5.41, 5.74) is 1.62. The normalized spacial score (nSPS) is 52.7. The van der Waals surface area contributed by atoms with Gasteiger partial charge in [-0.3, -0.25) is 4.79 Å². The number of allylic oxidation sites excluding steroid dienone is 1. The summed E-state index contributed by atoms with van der Waals surface area (Å²) in [7, 11) is 0. The van der Waals surface area contributed by atoms with Crippen molar-refractivity contribution in [3.8, 4) is 0 Å². The highest BCUT2D eigenvalue weighted by Gasteiger charge is 2.58. The molecule has 1 N–H and O–H groups in total. The number of hydrogen-bond donors (Lipinski definition) is 1. The van der Waals surface area contributed by atoms with Crippen molar-refractivity contribution in [2.75, 3.05) is 0 Å². The fourth-order valence-electron chi connectivity index (χ4n) is 6.74. The first kappa shape index (κ1) is 14.0. The molecule has 2 heteroatoms. The number of hydrogen-bond acceptors (Lipinski definition) is 2. The summed E-state index contributed by atoms with van der Waals surface area (Å²) in [6.07, 6.45) is 9.52. The molecule has 0 heterocycles. The van der Waals surface area contributed by atoms with E-state index < -0.39 is 0 Å². The summed E-state index contributed by atoms with van der Waals surface area (Å²) >= 11 is 0. The highest BCUT2D eigenvalue weighted by molar-refractivity contribution is 5.91. The summed E-state index contributed by atoms with van der Waals surface area (Å²) in [4.78, 5) is 11.7. The Balaban J connectivity index is 1.68. The van der Waals surface area contributed by atoms with Gasteiger partial charge >= 0.3 is 0 Å². The molecule has 116 valence electrons. The molecule has 3 fully saturated rings. The van der Waals surface area contributed by atoms with Gasteiger partial charge in [0, 0.05) is 6.42 Å². The fraction of sp³-hybridized carbons (Fsp3) is 0.842. The first-order valence-corrected chi connectivity index (χ1v) is 8.92. The maximum Gasteiger partial charge on any atom is 0.155 e. The molecule has 0 radical (unpaired) electrons. The lowest BCUT2D eigenvalue weighted by atomic mass is 9.49. The summed E-state index contributed by atoms with van der Waals surface area (Å²) < 4.78 is 0. The highest BCUT2D eigenvalue weighted by atomic mass is 16.3. The third kappa shape index (κ3) is 1.91. The van der Waals surface area contributed by atoms with Gasteiger partial charge in [0.25, 0.3) is 0 Å². The number of carbonyl (C=O) groups excluding carboxylic acids is 1. The van der Waals surface area contributed by atoms with Crippen molar-refractivity contribution in [1.29, 1.82) is 0 Å². The minimum Gasteiger partial charge on any atom is -0.393 e. The molecule has 4 aliphatic rings.